The van der Waals surface area contributed by atoms with Crippen LogP contribution in [0.15, 0.2) is 54.9 Å². The molecule has 142 valence electrons. The van der Waals surface area contributed by atoms with Crippen molar-refractivity contribution in [1.29, 1.82) is 0 Å². The number of carbonyl (C=O) groups excluding carboxylic acids is 1. The zero-order valence-electron chi connectivity index (χ0n) is 15.7. The summed E-state index contributed by atoms with van der Waals surface area (Å²) in [6.45, 7) is 4.08. The van der Waals surface area contributed by atoms with Crippen molar-refractivity contribution in [3.8, 4) is 5.75 Å². The first-order chi connectivity index (χ1) is 13.3. The molecule has 5 heteroatoms. The van der Waals surface area contributed by atoms with Gasteiger partial charge in [-0.1, -0.05) is 30.3 Å². The fraction of sp³-hybridized carbons (Fsp3) is 0.455. The van der Waals surface area contributed by atoms with Gasteiger partial charge in [0.1, 0.15) is 11.9 Å². The lowest BCUT2D eigenvalue weighted by Crippen LogP contribution is -2.45. The maximum atomic E-state index is 12.7. The lowest BCUT2D eigenvalue weighted by Gasteiger charge is -2.33. The Balaban J connectivity index is 1.22. The normalized spacial score (nSPS) is 21.3. The predicted molar refractivity (Wildman–Crippen MR) is 105 cm³/mol. The van der Waals surface area contributed by atoms with Gasteiger partial charge in [-0.3, -0.25) is 14.7 Å². The second kappa shape index (κ2) is 8.53. The van der Waals surface area contributed by atoms with Crippen LogP contribution in [0.3, 0.4) is 0 Å². The summed E-state index contributed by atoms with van der Waals surface area (Å²) in [5.74, 6) is 1.62. The SMILES string of the molecule is O=C(CN1CC[C@@H](c2ccccc2)C1)N1CCC(Oc2cccnc2)CC1. The van der Waals surface area contributed by atoms with Crippen molar-refractivity contribution in [2.45, 2.75) is 31.3 Å². The highest BCUT2D eigenvalue weighted by molar-refractivity contribution is 5.78. The van der Waals surface area contributed by atoms with Crippen molar-refractivity contribution in [1.82, 2.24) is 14.8 Å². The van der Waals surface area contributed by atoms with E-state index >= 15 is 0 Å². The largest absolute Gasteiger partial charge is 0.489 e. The molecule has 0 N–H and O–H groups in total. The summed E-state index contributed by atoms with van der Waals surface area (Å²) in [4.78, 5) is 21.1. The molecule has 2 aromatic rings. The monoisotopic (exact) mass is 365 g/mol. The number of nitrogens with zero attached hydrogens (tertiary/aromatic N) is 3. The molecule has 2 saturated heterocycles. The van der Waals surface area contributed by atoms with Gasteiger partial charge in [-0.15, -0.1) is 0 Å². The van der Waals surface area contributed by atoms with E-state index in [2.05, 4.69) is 40.2 Å². The third kappa shape index (κ3) is 4.66. The molecule has 27 heavy (non-hydrogen) atoms. The van der Waals surface area contributed by atoms with Crippen LogP contribution < -0.4 is 4.74 Å². The Labute approximate surface area is 161 Å². The number of hydrogen-bond donors (Lipinski definition) is 0. The molecule has 1 atom stereocenters. The van der Waals surface area contributed by atoms with E-state index in [0.717, 1.165) is 51.2 Å². The third-order valence-corrected chi connectivity index (χ3v) is 5.63. The van der Waals surface area contributed by atoms with Crippen LogP contribution in [0.4, 0.5) is 0 Å². The molecule has 2 aliphatic rings. The van der Waals surface area contributed by atoms with Gasteiger partial charge in [-0.25, -0.2) is 0 Å². The average Bonchev–Trinajstić information content (AvgIpc) is 3.18. The number of pyridine rings is 1. The number of ether oxygens (including phenoxy) is 1. The van der Waals surface area contributed by atoms with Crippen molar-refractivity contribution in [3.63, 3.8) is 0 Å². The van der Waals surface area contributed by atoms with Crippen molar-refractivity contribution in [2.24, 2.45) is 0 Å². The van der Waals surface area contributed by atoms with Crippen molar-refractivity contribution >= 4 is 5.91 Å². The van der Waals surface area contributed by atoms with E-state index in [1.807, 2.05) is 17.0 Å². The fourth-order valence-electron chi connectivity index (χ4n) is 4.10. The standard InChI is InChI=1S/C22H27N3O2/c26-22(17-24-12-8-19(16-24)18-5-2-1-3-6-18)25-13-9-20(10-14-25)27-21-7-4-11-23-15-21/h1-7,11,15,19-20H,8-10,12-14,16-17H2/t19-/m1/s1. The maximum absolute atomic E-state index is 12.7. The Morgan fingerprint density at radius 2 is 1.85 bits per heavy atom. The fourth-order valence-corrected chi connectivity index (χ4v) is 4.10. The first-order valence-corrected chi connectivity index (χ1v) is 9.90. The molecular weight excluding hydrogens is 338 g/mol. The summed E-state index contributed by atoms with van der Waals surface area (Å²) in [6.07, 6.45) is 6.56. The first-order valence-electron chi connectivity index (χ1n) is 9.90. The van der Waals surface area contributed by atoms with Crippen molar-refractivity contribution in [3.05, 3.63) is 60.4 Å². The van der Waals surface area contributed by atoms with Crippen LogP contribution in [0.2, 0.25) is 0 Å². The molecule has 4 rings (SSSR count). The number of piperidine rings is 1. The molecule has 1 amide bonds. The highest BCUT2D eigenvalue weighted by Gasteiger charge is 2.29. The second-order valence-electron chi connectivity index (χ2n) is 7.52. The quantitative estimate of drug-likeness (QED) is 0.817. The molecule has 0 spiro atoms. The Bertz CT molecular complexity index is 730. The predicted octanol–water partition coefficient (Wildman–Crippen LogP) is 2.94. The minimum absolute atomic E-state index is 0.174. The number of hydrogen-bond acceptors (Lipinski definition) is 4. The Morgan fingerprint density at radius 3 is 2.59 bits per heavy atom. The van der Waals surface area contributed by atoms with E-state index in [1.165, 1.54) is 5.56 Å². The molecule has 0 saturated carbocycles. The topological polar surface area (TPSA) is 45.7 Å². The molecule has 5 nitrogen and oxygen atoms in total. The van der Waals surface area contributed by atoms with Crippen molar-refractivity contribution in [2.75, 3.05) is 32.7 Å². The molecule has 0 aliphatic carbocycles. The molecule has 1 aromatic heterocycles. The minimum atomic E-state index is 0.174. The van der Waals surface area contributed by atoms with Crippen LogP contribution >= 0.6 is 0 Å². The third-order valence-electron chi connectivity index (χ3n) is 5.63. The summed E-state index contributed by atoms with van der Waals surface area (Å²) in [6, 6.07) is 14.5. The van der Waals surface area contributed by atoms with Gasteiger partial charge in [-0.05, 0) is 36.6 Å². The van der Waals surface area contributed by atoms with E-state index in [-0.39, 0.29) is 12.0 Å². The lowest BCUT2D eigenvalue weighted by molar-refractivity contribution is -0.134. The van der Waals surface area contributed by atoms with Crippen LogP contribution in [0.25, 0.3) is 0 Å². The van der Waals surface area contributed by atoms with Gasteiger partial charge in [0, 0.05) is 38.7 Å². The first kappa shape index (κ1) is 18.0. The number of aromatic nitrogens is 1. The Kier molecular flexibility index (Phi) is 5.68. The van der Waals surface area contributed by atoms with Crippen molar-refractivity contribution < 1.29 is 9.53 Å². The maximum Gasteiger partial charge on any atom is 0.236 e. The molecule has 3 heterocycles. The van der Waals surface area contributed by atoms with Crippen LogP contribution in [0.1, 0.15) is 30.7 Å². The molecule has 0 unspecified atom stereocenters. The number of rotatable bonds is 5. The minimum Gasteiger partial charge on any atom is -0.489 e. The number of benzene rings is 1. The van der Waals surface area contributed by atoms with Crippen LogP contribution in [0, 0.1) is 0 Å². The van der Waals surface area contributed by atoms with Crippen LogP contribution in [0.5, 0.6) is 5.75 Å². The van der Waals surface area contributed by atoms with Crippen LogP contribution in [-0.4, -0.2) is 59.5 Å². The average molecular weight is 365 g/mol. The molecular formula is C22H27N3O2. The smallest absolute Gasteiger partial charge is 0.236 e. The molecule has 2 aliphatic heterocycles. The van der Waals surface area contributed by atoms with Gasteiger partial charge < -0.3 is 9.64 Å². The molecule has 2 fully saturated rings. The van der Waals surface area contributed by atoms with E-state index in [0.29, 0.717) is 12.5 Å². The summed E-state index contributed by atoms with van der Waals surface area (Å²) < 4.78 is 5.97. The van der Waals surface area contributed by atoms with E-state index in [9.17, 15) is 4.79 Å². The number of likely N-dealkylation sites (tertiary alicyclic amines) is 2. The molecule has 1 aromatic carbocycles. The summed E-state index contributed by atoms with van der Waals surface area (Å²) in [5, 5.41) is 0. The summed E-state index contributed by atoms with van der Waals surface area (Å²) in [5.41, 5.74) is 1.39. The zero-order chi connectivity index (χ0) is 18.5. The Morgan fingerprint density at radius 1 is 1.04 bits per heavy atom. The van der Waals surface area contributed by atoms with Gasteiger partial charge in [0.25, 0.3) is 0 Å². The number of carbonyl (C=O) groups is 1. The van der Waals surface area contributed by atoms with Gasteiger partial charge in [0.2, 0.25) is 5.91 Å². The number of amides is 1. The van der Waals surface area contributed by atoms with Gasteiger partial charge in [0.05, 0.1) is 12.7 Å². The molecule has 0 radical (unpaired) electrons. The van der Waals surface area contributed by atoms with Crippen LogP contribution in [-0.2, 0) is 4.79 Å². The molecule has 0 bridgehead atoms. The lowest BCUT2D eigenvalue weighted by atomic mass is 9.99. The zero-order valence-corrected chi connectivity index (χ0v) is 15.7. The van der Waals surface area contributed by atoms with Gasteiger partial charge in [-0.2, -0.15) is 0 Å². The Hall–Kier alpha value is -2.40. The van der Waals surface area contributed by atoms with Gasteiger partial charge >= 0.3 is 0 Å². The highest BCUT2D eigenvalue weighted by atomic mass is 16.5. The highest BCUT2D eigenvalue weighted by Crippen LogP contribution is 2.27. The summed E-state index contributed by atoms with van der Waals surface area (Å²) >= 11 is 0. The van der Waals surface area contributed by atoms with E-state index in [4.69, 9.17) is 4.74 Å². The van der Waals surface area contributed by atoms with E-state index < -0.39 is 0 Å². The van der Waals surface area contributed by atoms with Gasteiger partial charge in [0.15, 0.2) is 0 Å². The van der Waals surface area contributed by atoms with E-state index in [1.54, 1.807) is 12.4 Å². The summed E-state index contributed by atoms with van der Waals surface area (Å²) in [7, 11) is 0. The second-order valence-corrected chi connectivity index (χ2v) is 7.52.